The molecule has 0 aromatic heterocycles. The number of rotatable bonds is 2. The van der Waals surface area contributed by atoms with Crippen LogP contribution >= 0.6 is 0 Å². The molecule has 0 heterocycles. The molecule has 0 aliphatic rings. The van der Waals surface area contributed by atoms with E-state index in [0.29, 0.717) is 0 Å². The molecule has 54 valence electrons. The van der Waals surface area contributed by atoms with Crippen LogP contribution in [0.4, 0.5) is 0 Å². The molecule has 0 aromatic carbocycles. The first-order valence-corrected chi connectivity index (χ1v) is 7.18. The van der Waals surface area contributed by atoms with Crippen molar-refractivity contribution >= 4 is 8.07 Å². The molecule has 0 bridgehead atoms. The van der Waals surface area contributed by atoms with Gasteiger partial charge in [-0.05, 0) is 13.3 Å². The Balaban J connectivity index is 4.14. The van der Waals surface area contributed by atoms with Crippen LogP contribution in [0.1, 0.15) is 20.3 Å². The Morgan fingerprint density at radius 3 is 1.78 bits per heavy atom. The van der Waals surface area contributed by atoms with Gasteiger partial charge in [0.15, 0.2) is 0 Å². The lowest BCUT2D eigenvalue weighted by atomic mass is 10.4. The highest BCUT2D eigenvalue weighted by atomic mass is 28.3. The van der Waals surface area contributed by atoms with Crippen molar-refractivity contribution in [2.45, 2.75) is 39.9 Å². The van der Waals surface area contributed by atoms with E-state index in [0.717, 1.165) is 0 Å². The van der Waals surface area contributed by atoms with Crippen molar-refractivity contribution in [2.24, 2.45) is 0 Å². The summed E-state index contributed by atoms with van der Waals surface area (Å²) in [5, 5.41) is 1.68. The number of hydrogen-bond donors (Lipinski definition) is 0. The molecule has 0 unspecified atom stereocenters. The average Bonchev–Trinajstić information content (AvgIpc) is 1.65. The molecular weight excluding hydrogens is 124 g/mol. The van der Waals surface area contributed by atoms with E-state index in [-0.39, 0.29) is 0 Å². The molecule has 0 saturated heterocycles. The minimum Gasteiger partial charge on any atom is -0.0923 e. The van der Waals surface area contributed by atoms with Crippen LogP contribution in [0.2, 0.25) is 19.6 Å². The second-order valence-corrected chi connectivity index (χ2v) is 8.56. The molecule has 0 fully saturated rings. The van der Waals surface area contributed by atoms with Crippen molar-refractivity contribution in [3.05, 3.63) is 11.3 Å². The first kappa shape index (κ1) is 8.96. The van der Waals surface area contributed by atoms with E-state index in [2.05, 4.69) is 39.6 Å². The van der Waals surface area contributed by atoms with E-state index < -0.39 is 8.07 Å². The zero-order chi connectivity index (χ0) is 7.49. The van der Waals surface area contributed by atoms with E-state index in [1.54, 1.807) is 5.20 Å². The summed E-state index contributed by atoms with van der Waals surface area (Å²) in [5.41, 5.74) is 0. The molecule has 1 heteroatoms. The molecule has 0 amide bonds. The molecule has 0 nitrogen and oxygen atoms in total. The topological polar surface area (TPSA) is 0 Å². The largest absolute Gasteiger partial charge is 0.0923 e. The van der Waals surface area contributed by atoms with Crippen molar-refractivity contribution in [3.63, 3.8) is 0 Å². The maximum Gasteiger partial charge on any atom is 0.0719 e. The van der Waals surface area contributed by atoms with Gasteiger partial charge in [0.1, 0.15) is 0 Å². The highest BCUT2D eigenvalue weighted by Crippen LogP contribution is 2.16. The Labute approximate surface area is 60.0 Å². The first-order valence-electron chi connectivity index (χ1n) is 3.68. The fourth-order valence-corrected chi connectivity index (χ4v) is 3.09. The number of allylic oxidation sites excluding steroid dienone is 2. The van der Waals surface area contributed by atoms with Gasteiger partial charge in [0.25, 0.3) is 0 Å². The minimum absolute atomic E-state index is 0.926. The van der Waals surface area contributed by atoms with E-state index in [1.165, 1.54) is 6.42 Å². The molecular formula is C8H18Si. The van der Waals surface area contributed by atoms with Gasteiger partial charge in [-0.3, -0.25) is 0 Å². The minimum atomic E-state index is -0.926. The zero-order valence-electron chi connectivity index (χ0n) is 7.28. The molecule has 0 rings (SSSR count). The lowest BCUT2D eigenvalue weighted by Gasteiger charge is -2.18. The van der Waals surface area contributed by atoms with Crippen molar-refractivity contribution < 1.29 is 0 Å². The Bertz CT molecular complexity index is 106. The fraction of sp³-hybridized carbons (Fsp3) is 0.750. The maximum absolute atomic E-state index is 2.39. The summed E-state index contributed by atoms with van der Waals surface area (Å²) in [4.78, 5) is 0. The van der Waals surface area contributed by atoms with Crippen molar-refractivity contribution in [3.8, 4) is 0 Å². The van der Waals surface area contributed by atoms with Gasteiger partial charge in [-0.15, -0.1) is 0 Å². The molecule has 0 atom stereocenters. The van der Waals surface area contributed by atoms with Crippen LogP contribution in [0.3, 0.4) is 0 Å². The molecule has 0 aliphatic carbocycles. The first-order chi connectivity index (χ1) is 4.02. The van der Waals surface area contributed by atoms with Crippen LogP contribution in [-0.4, -0.2) is 8.07 Å². The Hall–Kier alpha value is -0.0431. The standard InChI is InChI=1S/C8H18Si/c1-6-8(7-2)9(3,4)5/h6H,7H2,1-5H3/b8-6+. The van der Waals surface area contributed by atoms with Crippen LogP contribution in [0, 0.1) is 0 Å². The monoisotopic (exact) mass is 142 g/mol. The van der Waals surface area contributed by atoms with Gasteiger partial charge in [-0.2, -0.15) is 0 Å². The summed E-state index contributed by atoms with van der Waals surface area (Å²) < 4.78 is 0. The molecule has 0 spiro atoms. The van der Waals surface area contributed by atoms with Crippen LogP contribution in [0.15, 0.2) is 11.3 Å². The zero-order valence-corrected chi connectivity index (χ0v) is 8.28. The summed E-state index contributed by atoms with van der Waals surface area (Å²) in [5.74, 6) is 0. The summed E-state index contributed by atoms with van der Waals surface area (Å²) in [6.45, 7) is 11.6. The average molecular weight is 142 g/mol. The SMILES string of the molecule is C/C=C(\CC)[Si](C)(C)C. The van der Waals surface area contributed by atoms with E-state index in [4.69, 9.17) is 0 Å². The maximum atomic E-state index is 2.39. The van der Waals surface area contributed by atoms with E-state index in [9.17, 15) is 0 Å². The Morgan fingerprint density at radius 2 is 1.78 bits per heavy atom. The molecule has 0 saturated carbocycles. The third-order valence-electron chi connectivity index (χ3n) is 1.69. The van der Waals surface area contributed by atoms with Gasteiger partial charge in [-0.25, -0.2) is 0 Å². The van der Waals surface area contributed by atoms with Crippen LogP contribution in [0.25, 0.3) is 0 Å². The summed E-state index contributed by atoms with van der Waals surface area (Å²) in [6.07, 6.45) is 3.53. The van der Waals surface area contributed by atoms with Crippen LogP contribution in [-0.2, 0) is 0 Å². The van der Waals surface area contributed by atoms with Gasteiger partial charge in [0.2, 0.25) is 0 Å². The normalized spacial score (nSPS) is 14.1. The highest BCUT2D eigenvalue weighted by molar-refractivity contribution is 6.83. The lowest BCUT2D eigenvalue weighted by Crippen LogP contribution is -2.23. The van der Waals surface area contributed by atoms with Gasteiger partial charge in [0.05, 0.1) is 8.07 Å². The lowest BCUT2D eigenvalue weighted by molar-refractivity contribution is 1.16. The van der Waals surface area contributed by atoms with Crippen molar-refractivity contribution in [1.82, 2.24) is 0 Å². The predicted molar refractivity (Wildman–Crippen MR) is 47.4 cm³/mol. The summed E-state index contributed by atoms with van der Waals surface area (Å²) in [7, 11) is -0.926. The third kappa shape index (κ3) is 2.85. The second kappa shape index (κ2) is 3.21. The van der Waals surface area contributed by atoms with Crippen molar-refractivity contribution in [1.29, 1.82) is 0 Å². The highest BCUT2D eigenvalue weighted by Gasteiger charge is 2.15. The Kier molecular flexibility index (Phi) is 3.19. The van der Waals surface area contributed by atoms with E-state index in [1.807, 2.05) is 0 Å². The predicted octanol–water partition coefficient (Wildman–Crippen LogP) is 3.22. The van der Waals surface area contributed by atoms with Gasteiger partial charge < -0.3 is 0 Å². The van der Waals surface area contributed by atoms with Crippen LogP contribution in [0.5, 0.6) is 0 Å². The smallest absolute Gasteiger partial charge is 0.0719 e. The van der Waals surface area contributed by atoms with Gasteiger partial charge >= 0.3 is 0 Å². The molecule has 9 heavy (non-hydrogen) atoms. The molecule has 0 N–H and O–H groups in total. The van der Waals surface area contributed by atoms with Crippen molar-refractivity contribution in [2.75, 3.05) is 0 Å². The summed E-state index contributed by atoms with van der Waals surface area (Å²) >= 11 is 0. The Morgan fingerprint density at radius 1 is 1.33 bits per heavy atom. The quantitative estimate of drug-likeness (QED) is 0.519. The number of hydrogen-bond acceptors (Lipinski definition) is 0. The van der Waals surface area contributed by atoms with Gasteiger partial charge in [-0.1, -0.05) is 37.8 Å². The molecule has 0 aromatic rings. The van der Waals surface area contributed by atoms with E-state index >= 15 is 0 Å². The molecule has 0 aliphatic heterocycles. The molecule has 0 radical (unpaired) electrons. The van der Waals surface area contributed by atoms with Gasteiger partial charge in [0, 0.05) is 0 Å². The van der Waals surface area contributed by atoms with Crippen LogP contribution < -0.4 is 0 Å². The second-order valence-electron chi connectivity index (χ2n) is 3.42. The fourth-order valence-electron chi connectivity index (χ4n) is 1.17. The summed E-state index contributed by atoms with van der Waals surface area (Å²) in [6, 6.07) is 0. The third-order valence-corrected chi connectivity index (χ3v) is 4.26.